The predicted molar refractivity (Wildman–Crippen MR) is 498 cm³/mol. The monoisotopic (exact) mass is 2070 g/mol. The van der Waals surface area contributed by atoms with Gasteiger partial charge in [0.05, 0.1) is 170 Å². The standard InChI is InChI=1S/C33H31O12PS.2C19H23O10PS.C19H22O7S.2Na/c1-39-26-20-29(41-3)27(30(21-26)42-4)17-18-47(37,38)22-23-15-16-28(40-2)31(19-23)43-46(36,44-32(34)24-11-7-5-8-12-24)45-33(35)25-13-9-6-10-14-25;2*1-25-14-10-17(27-3)15(18(11-14)28-4)7-8-31(23,24)12-13-5-6-16(26-2)19(9-13)29-30(20,21)22;1-23-14-10-18(25-3)15(19(11-14)26-4)7-8-27(21,22)12-13-5-6-17(24-2)16(20)9-13;;/h5-21H,22H2,1-4H3;2*5-11H,12H2,1-4H3,(H2,20,21,22);5-11,20H,12H2,1-4H3;;/q;;;;2*+1/p-2/b18-17+;3*8-7+;;. The van der Waals surface area contributed by atoms with E-state index < -0.39 is 97.8 Å². The maximum atomic E-state index is 13.9. The molecule has 10 rings (SSSR count). The van der Waals surface area contributed by atoms with E-state index in [-0.39, 0.29) is 133 Å². The van der Waals surface area contributed by atoms with E-state index in [1.165, 1.54) is 223 Å². The van der Waals surface area contributed by atoms with Gasteiger partial charge < -0.3 is 118 Å². The Morgan fingerprint density at radius 1 is 0.290 bits per heavy atom. The minimum atomic E-state index is -5.36. The van der Waals surface area contributed by atoms with Crippen LogP contribution in [0.2, 0.25) is 0 Å². The first-order valence-corrected chi connectivity index (χ1v) is 50.2. The Hall–Kier alpha value is -11.6. The Labute approximate surface area is 842 Å². The first-order valence-electron chi connectivity index (χ1n) is 38.9. The molecule has 10 aromatic carbocycles. The Bertz CT molecular complexity index is 6280. The van der Waals surface area contributed by atoms with E-state index in [4.69, 9.17) is 99.1 Å². The van der Waals surface area contributed by atoms with Crippen molar-refractivity contribution in [3.05, 3.63) is 259 Å². The molecule has 138 heavy (non-hydrogen) atoms. The molecule has 48 heteroatoms. The summed E-state index contributed by atoms with van der Waals surface area (Å²) in [7, 11) is -7.77. The van der Waals surface area contributed by atoms with Gasteiger partial charge in [0.2, 0.25) is 0 Å². The fourth-order valence-electron chi connectivity index (χ4n) is 12.0. The van der Waals surface area contributed by atoms with Gasteiger partial charge in [-0.3, -0.25) is 9.79 Å². The van der Waals surface area contributed by atoms with Gasteiger partial charge in [-0.15, -0.1) is 0 Å². The van der Waals surface area contributed by atoms with E-state index in [1.807, 2.05) is 0 Å². The second-order valence-corrected chi connectivity index (χ2v) is 38.6. The number of methoxy groups -OCH3 is 16. The molecule has 3 N–H and O–H groups in total. The van der Waals surface area contributed by atoms with Crippen molar-refractivity contribution in [1.82, 2.24) is 0 Å². The molecular formula is C90H97Na2O39P3S4. The zero-order chi connectivity index (χ0) is 101. The van der Waals surface area contributed by atoms with E-state index in [1.54, 1.807) is 91.0 Å². The molecule has 0 radical (unpaired) electrons. The van der Waals surface area contributed by atoms with Gasteiger partial charge in [-0.25, -0.2) is 47.8 Å². The van der Waals surface area contributed by atoms with Crippen molar-refractivity contribution in [3.63, 3.8) is 0 Å². The van der Waals surface area contributed by atoms with Crippen molar-refractivity contribution in [2.45, 2.75) is 23.0 Å². The number of phosphoric ester groups is 3. The molecule has 39 nitrogen and oxygen atoms in total. The van der Waals surface area contributed by atoms with Crippen molar-refractivity contribution in [2.75, 3.05) is 114 Å². The van der Waals surface area contributed by atoms with Crippen LogP contribution in [0.15, 0.2) is 204 Å². The van der Waals surface area contributed by atoms with E-state index >= 15 is 0 Å². The number of rotatable bonds is 42. The van der Waals surface area contributed by atoms with Crippen LogP contribution in [0.4, 0.5) is 0 Å². The third-order valence-corrected chi connectivity index (χ3v) is 25.4. The summed E-state index contributed by atoms with van der Waals surface area (Å²) in [4.78, 5) is 65.7. The number of carbonyl (C=O) groups excluding carboxylic acids is 2. The van der Waals surface area contributed by atoms with Crippen LogP contribution in [0.3, 0.4) is 0 Å². The van der Waals surface area contributed by atoms with E-state index in [2.05, 4.69) is 9.05 Å². The average molecular weight is 2070 g/mol. The van der Waals surface area contributed by atoms with Crippen LogP contribution < -0.4 is 158 Å². The molecule has 0 bridgehead atoms. The number of carbonyl (C=O) groups is 2. The summed E-state index contributed by atoms with van der Waals surface area (Å²) < 4.78 is 246. The Morgan fingerprint density at radius 3 is 0.732 bits per heavy atom. The van der Waals surface area contributed by atoms with Gasteiger partial charge in [0, 0.05) is 70.2 Å². The second kappa shape index (κ2) is 54.1. The molecular weight excluding hydrogens is 1970 g/mol. The summed E-state index contributed by atoms with van der Waals surface area (Å²) in [5, 5.41) is 13.8. The number of hydrogen-bond donors (Lipinski definition) is 3. The number of phosphoric acid groups is 3. The van der Waals surface area contributed by atoms with Crippen molar-refractivity contribution >= 4 is 99.1 Å². The van der Waals surface area contributed by atoms with E-state index in [9.17, 15) is 71.8 Å². The zero-order valence-electron chi connectivity index (χ0n) is 77.8. The number of phenolic OH excluding ortho intramolecular Hbond substituents is 1. The van der Waals surface area contributed by atoms with Gasteiger partial charge in [0.25, 0.3) is 0 Å². The number of ether oxygens (including phenoxy) is 16. The minimum Gasteiger partial charge on any atom is -0.780 e. The van der Waals surface area contributed by atoms with Gasteiger partial charge in [-0.2, -0.15) is 4.57 Å². The average Bonchev–Trinajstić information content (AvgIpc) is 0.814. The third-order valence-electron chi connectivity index (χ3n) is 18.2. The smallest absolute Gasteiger partial charge is 0.780 e. The third kappa shape index (κ3) is 36.0. The summed E-state index contributed by atoms with van der Waals surface area (Å²) in [5.74, 6) is -0.00496. The number of hydrogen-bond acceptors (Lipinski definition) is 37. The molecule has 0 fully saturated rings. The van der Waals surface area contributed by atoms with Gasteiger partial charge in [-0.05, 0) is 119 Å². The van der Waals surface area contributed by atoms with E-state index in [0.717, 1.165) is 27.7 Å². The number of aromatic hydroxyl groups is 1. The molecule has 0 saturated carbocycles. The Balaban J connectivity index is 0.000000331. The van der Waals surface area contributed by atoms with Crippen LogP contribution >= 0.6 is 23.5 Å². The van der Waals surface area contributed by atoms with Crippen LogP contribution in [0.1, 0.15) is 65.2 Å². The molecule has 0 heterocycles. The molecule has 0 spiro atoms. The van der Waals surface area contributed by atoms with E-state index in [0.29, 0.717) is 96.8 Å². The summed E-state index contributed by atoms with van der Waals surface area (Å²) >= 11 is 0. The van der Waals surface area contributed by atoms with Gasteiger partial charge in [0.1, 0.15) is 76.8 Å². The molecule has 0 aliphatic heterocycles. The van der Waals surface area contributed by atoms with Crippen molar-refractivity contribution in [1.29, 1.82) is 0 Å². The molecule has 0 aliphatic carbocycles. The fourth-order valence-corrected chi connectivity index (χ4v) is 18.2. The zero-order valence-corrected chi connectivity index (χ0v) is 87.7. The quantitative estimate of drug-likeness (QED) is 0.0242. The van der Waals surface area contributed by atoms with Crippen molar-refractivity contribution in [3.8, 4) is 115 Å². The SMILES string of the molecule is COc1cc(OC)c(/C=C/S(=O)(=O)Cc2ccc(OC)c(O)c2)c(OC)c1.COc1cc(OC)c(/C=C/S(=O)(=O)Cc2ccc(OC)c(OP(=O)(O)O)c2)c(OC)c1.COc1cc(OC)c(/C=C/S(=O)(=O)Cc2ccc(OC)c(OP(=O)(OC(=O)c3ccccc3)OC(=O)c3ccccc3)c2)c(OC)c1.COc1cc(OC)c(/C=C/S(=O)(=O)Cc2ccc(OC)c(OP(=O)([O-])[O-])c2)c(OC)c1.[Na+].[Na+]. The van der Waals surface area contributed by atoms with Crippen molar-refractivity contribution < 1.29 is 239 Å². The summed E-state index contributed by atoms with van der Waals surface area (Å²) in [6, 6.07) is 44.2. The van der Waals surface area contributed by atoms with Crippen LogP contribution in [-0.2, 0) is 85.1 Å². The topological polar surface area (TPSA) is 523 Å². The molecule has 0 saturated heterocycles. The van der Waals surface area contributed by atoms with Crippen LogP contribution in [0.25, 0.3) is 24.3 Å². The van der Waals surface area contributed by atoms with Gasteiger partial charge in [-0.1, -0.05) is 60.7 Å². The maximum absolute atomic E-state index is 13.9. The molecule has 0 atom stereocenters. The summed E-state index contributed by atoms with van der Waals surface area (Å²) in [5.41, 5.74) is 2.67. The predicted octanol–water partition coefficient (Wildman–Crippen LogP) is 7.82. The molecule has 0 unspecified atom stereocenters. The largest absolute Gasteiger partial charge is 1.00 e. The van der Waals surface area contributed by atoms with Crippen LogP contribution in [0, 0.1) is 0 Å². The number of sulfone groups is 4. The summed E-state index contributed by atoms with van der Waals surface area (Å²) in [6.07, 6.45) is 5.39. The normalized spacial score (nSPS) is 11.5. The Kier molecular flexibility index (Phi) is 45.9. The molecule has 0 aliphatic rings. The van der Waals surface area contributed by atoms with Crippen LogP contribution in [-0.4, -0.2) is 174 Å². The molecule has 0 aromatic heterocycles. The minimum absolute atomic E-state index is 0. The molecule has 732 valence electrons. The van der Waals surface area contributed by atoms with Gasteiger partial charge in [0.15, 0.2) is 85.3 Å². The molecule has 0 amide bonds. The van der Waals surface area contributed by atoms with Crippen molar-refractivity contribution in [2.24, 2.45) is 0 Å². The molecule has 10 aromatic rings. The number of benzene rings is 10. The van der Waals surface area contributed by atoms with Gasteiger partial charge >= 0.3 is 86.7 Å². The number of phenols is 1. The van der Waals surface area contributed by atoms with Crippen LogP contribution in [0.5, 0.6) is 115 Å². The fraction of sp³-hybridized carbons (Fsp3) is 0.222. The second-order valence-electron chi connectivity index (χ2n) is 27.3. The summed E-state index contributed by atoms with van der Waals surface area (Å²) in [6.45, 7) is 0. The first kappa shape index (κ1) is 117. The first-order chi connectivity index (χ1) is 64.3. The maximum Gasteiger partial charge on any atom is 1.00 e. The Morgan fingerprint density at radius 2 is 0.514 bits per heavy atom.